The second kappa shape index (κ2) is 3.38. The molecule has 1 N–H and O–H groups in total. The zero-order valence-electron chi connectivity index (χ0n) is 8.64. The van der Waals surface area contributed by atoms with Gasteiger partial charge in [0.1, 0.15) is 0 Å². The first kappa shape index (κ1) is 9.71. The van der Waals surface area contributed by atoms with Crippen molar-refractivity contribution >= 4 is 16.9 Å². The highest BCUT2D eigenvalue weighted by Crippen LogP contribution is 2.24. The Bertz CT molecular complexity index is 516. The van der Waals surface area contributed by atoms with E-state index in [-0.39, 0.29) is 0 Å². The van der Waals surface area contributed by atoms with Gasteiger partial charge in [0.15, 0.2) is 0 Å². The number of aryl methyl sites for hydroxylation is 1. The topological polar surface area (TPSA) is 55.1 Å². The maximum atomic E-state index is 10.9. The fraction of sp³-hybridized carbons (Fsp3) is 0.273. The highest BCUT2D eigenvalue weighted by atomic mass is 16.4. The van der Waals surface area contributed by atoms with Gasteiger partial charge in [0, 0.05) is 12.4 Å². The first-order valence-electron chi connectivity index (χ1n) is 4.75. The molecule has 0 aliphatic heterocycles. The molecule has 4 heteroatoms. The number of carboxylic acids is 1. The lowest BCUT2D eigenvalue weighted by molar-refractivity contribution is -0.138. The monoisotopic (exact) mass is 204 g/mol. The molecule has 1 unspecified atom stereocenters. The Morgan fingerprint density at radius 3 is 2.80 bits per heavy atom. The zero-order valence-corrected chi connectivity index (χ0v) is 8.64. The summed E-state index contributed by atoms with van der Waals surface area (Å²) in [5.74, 6) is -1.42. The van der Waals surface area contributed by atoms with Gasteiger partial charge in [-0.05, 0) is 13.0 Å². The summed E-state index contributed by atoms with van der Waals surface area (Å²) in [4.78, 5) is 10.9. The predicted molar refractivity (Wildman–Crippen MR) is 56.8 cm³/mol. The molecule has 1 aromatic heterocycles. The van der Waals surface area contributed by atoms with E-state index in [0.29, 0.717) is 5.69 Å². The molecule has 0 aliphatic carbocycles. The number of hydrogen-bond donors (Lipinski definition) is 1. The quantitative estimate of drug-likeness (QED) is 0.810. The summed E-state index contributed by atoms with van der Waals surface area (Å²) < 4.78 is 1.71. The van der Waals surface area contributed by atoms with E-state index in [1.54, 1.807) is 11.6 Å². The Balaban J connectivity index is 2.67. The number of rotatable bonds is 2. The fourth-order valence-corrected chi connectivity index (χ4v) is 1.68. The summed E-state index contributed by atoms with van der Waals surface area (Å²) in [6.07, 6.45) is 0. The third kappa shape index (κ3) is 1.48. The standard InChI is InChI=1S/C11H12N2O2/c1-7(11(14)15)10-8-5-3-4-6-9(8)13(2)12-10/h3-7H,1-2H3,(H,14,15). The molecule has 0 radical (unpaired) electrons. The van der Waals surface area contributed by atoms with E-state index in [2.05, 4.69) is 5.10 Å². The Hall–Kier alpha value is -1.84. The van der Waals surface area contributed by atoms with Crippen LogP contribution in [0.25, 0.3) is 10.9 Å². The maximum absolute atomic E-state index is 10.9. The second-order valence-corrected chi connectivity index (χ2v) is 3.59. The van der Waals surface area contributed by atoms with Crippen LogP contribution < -0.4 is 0 Å². The van der Waals surface area contributed by atoms with Crippen LogP contribution >= 0.6 is 0 Å². The Kier molecular flexibility index (Phi) is 2.19. The molecule has 2 rings (SSSR count). The van der Waals surface area contributed by atoms with Gasteiger partial charge < -0.3 is 5.11 Å². The number of carboxylic acid groups (broad SMARTS) is 1. The number of hydrogen-bond acceptors (Lipinski definition) is 2. The molecule has 0 aliphatic rings. The molecule has 0 spiro atoms. The Labute approximate surface area is 87.1 Å². The molecule has 0 saturated heterocycles. The smallest absolute Gasteiger partial charge is 0.312 e. The molecule has 4 nitrogen and oxygen atoms in total. The number of nitrogens with zero attached hydrogens (tertiary/aromatic N) is 2. The van der Waals surface area contributed by atoms with Crippen LogP contribution in [0.2, 0.25) is 0 Å². The zero-order chi connectivity index (χ0) is 11.0. The molecule has 15 heavy (non-hydrogen) atoms. The summed E-state index contributed by atoms with van der Waals surface area (Å²) in [5.41, 5.74) is 1.58. The first-order chi connectivity index (χ1) is 7.11. The van der Waals surface area contributed by atoms with Crippen LogP contribution in [0.4, 0.5) is 0 Å². The lowest BCUT2D eigenvalue weighted by Crippen LogP contribution is -2.08. The van der Waals surface area contributed by atoms with Crippen LogP contribution in [0.5, 0.6) is 0 Å². The average Bonchev–Trinajstić information content (AvgIpc) is 2.56. The van der Waals surface area contributed by atoms with Crippen molar-refractivity contribution in [3.63, 3.8) is 0 Å². The Morgan fingerprint density at radius 1 is 1.47 bits per heavy atom. The summed E-state index contributed by atoms with van der Waals surface area (Å²) >= 11 is 0. The van der Waals surface area contributed by atoms with Crippen LogP contribution in [0.15, 0.2) is 24.3 Å². The van der Waals surface area contributed by atoms with Crippen molar-refractivity contribution in [2.45, 2.75) is 12.8 Å². The van der Waals surface area contributed by atoms with Crippen LogP contribution in [0, 0.1) is 0 Å². The van der Waals surface area contributed by atoms with Crippen LogP contribution in [-0.4, -0.2) is 20.9 Å². The lowest BCUT2D eigenvalue weighted by atomic mass is 10.0. The minimum Gasteiger partial charge on any atom is -0.481 e. The third-order valence-electron chi connectivity index (χ3n) is 2.57. The van der Waals surface area contributed by atoms with E-state index in [4.69, 9.17) is 5.11 Å². The maximum Gasteiger partial charge on any atom is 0.312 e. The van der Waals surface area contributed by atoms with Gasteiger partial charge in [0.2, 0.25) is 0 Å². The highest BCUT2D eigenvalue weighted by molar-refractivity contribution is 5.87. The van der Waals surface area contributed by atoms with E-state index in [9.17, 15) is 4.79 Å². The van der Waals surface area contributed by atoms with Crippen molar-refractivity contribution in [1.29, 1.82) is 0 Å². The number of aliphatic carboxylic acids is 1. The van der Waals surface area contributed by atoms with Gasteiger partial charge in [0.05, 0.1) is 17.1 Å². The molecule has 78 valence electrons. The van der Waals surface area contributed by atoms with Crippen molar-refractivity contribution in [3.05, 3.63) is 30.0 Å². The molecular formula is C11H12N2O2. The Morgan fingerprint density at radius 2 is 2.13 bits per heavy atom. The van der Waals surface area contributed by atoms with E-state index in [1.165, 1.54) is 0 Å². The van der Waals surface area contributed by atoms with E-state index >= 15 is 0 Å². The molecule has 2 aromatic rings. The van der Waals surface area contributed by atoms with E-state index < -0.39 is 11.9 Å². The van der Waals surface area contributed by atoms with Crippen molar-refractivity contribution in [2.24, 2.45) is 7.05 Å². The molecule has 1 aromatic carbocycles. The molecule has 0 saturated carbocycles. The minimum absolute atomic E-state index is 0.573. The number of para-hydroxylation sites is 1. The average molecular weight is 204 g/mol. The molecule has 0 amide bonds. The van der Waals surface area contributed by atoms with Crippen molar-refractivity contribution in [3.8, 4) is 0 Å². The van der Waals surface area contributed by atoms with E-state index in [1.807, 2.05) is 31.3 Å². The van der Waals surface area contributed by atoms with Gasteiger partial charge in [-0.2, -0.15) is 5.10 Å². The second-order valence-electron chi connectivity index (χ2n) is 3.59. The number of carbonyl (C=O) groups is 1. The van der Waals surface area contributed by atoms with Gasteiger partial charge >= 0.3 is 5.97 Å². The molecule has 0 fully saturated rings. The third-order valence-corrected chi connectivity index (χ3v) is 2.57. The number of benzene rings is 1. The normalized spacial score (nSPS) is 12.9. The van der Waals surface area contributed by atoms with Gasteiger partial charge in [0.25, 0.3) is 0 Å². The number of fused-ring (bicyclic) bond motifs is 1. The highest BCUT2D eigenvalue weighted by Gasteiger charge is 2.20. The SMILES string of the molecule is CC(C(=O)O)c1nn(C)c2ccccc12. The largest absolute Gasteiger partial charge is 0.481 e. The van der Waals surface area contributed by atoms with Gasteiger partial charge in [-0.1, -0.05) is 18.2 Å². The van der Waals surface area contributed by atoms with Gasteiger partial charge in [-0.25, -0.2) is 0 Å². The van der Waals surface area contributed by atoms with Crippen molar-refractivity contribution in [1.82, 2.24) is 9.78 Å². The summed E-state index contributed by atoms with van der Waals surface area (Å²) in [5, 5.41) is 14.1. The van der Waals surface area contributed by atoms with Gasteiger partial charge in [-0.15, -0.1) is 0 Å². The van der Waals surface area contributed by atoms with Crippen LogP contribution in [0.1, 0.15) is 18.5 Å². The fourth-order valence-electron chi connectivity index (χ4n) is 1.68. The predicted octanol–water partition coefficient (Wildman–Crippen LogP) is 1.76. The molecule has 0 bridgehead atoms. The molecule has 1 atom stereocenters. The first-order valence-corrected chi connectivity index (χ1v) is 4.75. The molecule has 1 heterocycles. The summed E-state index contributed by atoms with van der Waals surface area (Å²) in [6, 6.07) is 7.64. The minimum atomic E-state index is -0.848. The van der Waals surface area contributed by atoms with Crippen molar-refractivity contribution < 1.29 is 9.90 Å². The van der Waals surface area contributed by atoms with Gasteiger partial charge in [-0.3, -0.25) is 9.48 Å². The summed E-state index contributed by atoms with van der Waals surface area (Å²) in [6.45, 7) is 1.65. The van der Waals surface area contributed by atoms with E-state index in [0.717, 1.165) is 10.9 Å². The van der Waals surface area contributed by atoms with Crippen molar-refractivity contribution in [2.75, 3.05) is 0 Å². The number of aromatic nitrogens is 2. The lowest BCUT2D eigenvalue weighted by Gasteiger charge is -2.01. The van der Waals surface area contributed by atoms with Crippen LogP contribution in [-0.2, 0) is 11.8 Å². The molecular weight excluding hydrogens is 192 g/mol. The van der Waals surface area contributed by atoms with Crippen LogP contribution in [0.3, 0.4) is 0 Å². The summed E-state index contributed by atoms with van der Waals surface area (Å²) in [7, 11) is 1.82.